The fraction of sp³-hybridized carbons (Fsp3) is 0.750. The number of anilines is 1. The highest BCUT2D eigenvalue weighted by Crippen LogP contribution is 2.44. The summed E-state index contributed by atoms with van der Waals surface area (Å²) in [5, 5.41) is 4.43. The van der Waals surface area contributed by atoms with Crippen molar-refractivity contribution in [1.82, 2.24) is 14.6 Å². The van der Waals surface area contributed by atoms with Crippen LogP contribution in [0.4, 0.5) is 5.82 Å². The molecule has 180 valence electrons. The number of hydrogen-bond donors (Lipinski definition) is 1. The number of rotatable bonds is 14. The predicted octanol–water partition coefficient (Wildman–Crippen LogP) is 4.33. The standard InChI is InChI=1S/C24H40N4O4/c1-5-8-13-29-16-24(4)22(31-15-10-7-3)21(30-14-9-6-2)20(32-24)18-11-12-19-23(25)26-17-27-28(18)19/h11-12,17,20-22H,5-10,13-16H2,1-4H3,(H2,25,26,27)/t20-,21-,22-,24+/m0/s1. The Balaban J connectivity index is 1.92. The first-order valence-corrected chi connectivity index (χ1v) is 12.1. The number of nitrogens with two attached hydrogens (primary N) is 1. The van der Waals surface area contributed by atoms with E-state index >= 15 is 0 Å². The highest BCUT2D eigenvalue weighted by molar-refractivity contribution is 5.65. The SMILES string of the molecule is CCCCOC[C@@]1(C)O[C@@H](c2ccc3c(N)ncnn23)[C@H](OCCCC)[C@@H]1OCCCC. The molecule has 2 N–H and O–H groups in total. The van der Waals surface area contributed by atoms with E-state index in [0.29, 0.717) is 32.2 Å². The summed E-state index contributed by atoms with van der Waals surface area (Å²) in [6.45, 7) is 11.0. The Labute approximate surface area is 191 Å². The largest absolute Gasteiger partial charge is 0.382 e. The molecule has 0 bridgehead atoms. The van der Waals surface area contributed by atoms with Gasteiger partial charge < -0.3 is 24.7 Å². The van der Waals surface area contributed by atoms with E-state index in [1.54, 1.807) is 4.52 Å². The van der Waals surface area contributed by atoms with Crippen molar-refractivity contribution in [2.45, 2.75) is 90.1 Å². The van der Waals surface area contributed by atoms with Gasteiger partial charge in [-0.15, -0.1) is 0 Å². The number of unbranched alkanes of at least 4 members (excludes halogenated alkanes) is 3. The van der Waals surface area contributed by atoms with Gasteiger partial charge in [0, 0.05) is 19.8 Å². The first-order valence-electron chi connectivity index (χ1n) is 12.1. The number of nitrogen functional groups attached to an aromatic ring is 1. The summed E-state index contributed by atoms with van der Waals surface area (Å²) in [5.74, 6) is 0.439. The highest BCUT2D eigenvalue weighted by Gasteiger charge is 2.55. The predicted molar refractivity (Wildman–Crippen MR) is 125 cm³/mol. The summed E-state index contributed by atoms with van der Waals surface area (Å²) < 4.78 is 27.4. The third-order valence-electron chi connectivity index (χ3n) is 6.03. The average molecular weight is 449 g/mol. The molecule has 4 atom stereocenters. The van der Waals surface area contributed by atoms with Crippen molar-refractivity contribution in [3.05, 3.63) is 24.2 Å². The average Bonchev–Trinajstić information content (AvgIpc) is 3.33. The Bertz CT molecular complexity index is 829. The van der Waals surface area contributed by atoms with Crippen LogP contribution in [0.1, 0.15) is 78.0 Å². The Morgan fingerprint density at radius 3 is 2.44 bits per heavy atom. The van der Waals surface area contributed by atoms with Gasteiger partial charge in [-0.1, -0.05) is 40.0 Å². The van der Waals surface area contributed by atoms with Crippen LogP contribution in [0.5, 0.6) is 0 Å². The van der Waals surface area contributed by atoms with Gasteiger partial charge in [-0.25, -0.2) is 9.50 Å². The van der Waals surface area contributed by atoms with E-state index in [2.05, 4.69) is 37.8 Å². The van der Waals surface area contributed by atoms with Gasteiger partial charge in [0.05, 0.1) is 12.3 Å². The summed E-state index contributed by atoms with van der Waals surface area (Å²) >= 11 is 0. The Hall–Kier alpha value is -1.74. The second-order valence-corrected chi connectivity index (χ2v) is 8.79. The molecule has 0 saturated carbocycles. The van der Waals surface area contributed by atoms with Crippen molar-refractivity contribution in [3.63, 3.8) is 0 Å². The van der Waals surface area contributed by atoms with Gasteiger partial charge in [-0.3, -0.25) is 0 Å². The van der Waals surface area contributed by atoms with Crippen molar-refractivity contribution in [2.75, 3.05) is 32.2 Å². The van der Waals surface area contributed by atoms with Crippen LogP contribution in [0.3, 0.4) is 0 Å². The Morgan fingerprint density at radius 1 is 1.03 bits per heavy atom. The van der Waals surface area contributed by atoms with Crippen LogP contribution in [-0.4, -0.2) is 58.8 Å². The van der Waals surface area contributed by atoms with Crippen molar-refractivity contribution >= 4 is 11.3 Å². The molecule has 0 spiro atoms. The zero-order valence-corrected chi connectivity index (χ0v) is 20.1. The van der Waals surface area contributed by atoms with Crippen LogP contribution < -0.4 is 5.73 Å². The maximum absolute atomic E-state index is 6.71. The van der Waals surface area contributed by atoms with Gasteiger partial charge in [-0.05, 0) is 38.3 Å². The molecule has 3 heterocycles. The first kappa shape index (κ1) is 24.9. The lowest BCUT2D eigenvalue weighted by atomic mass is 9.96. The summed E-state index contributed by atoms with van der Waals surface area (Å²) in [7, 11) is 0. The molecule has 1 aliphatic heterocycles. The Morgan fingerprint density at radius 2 is 1.72 bits per heavy atom. The first-order chi connectivity index (χ1) is 15.6. The van der Waals surface area contributed by atoms with Crippen molar-refractivity contribution < 1.29 is 18.9 Å². The molecule has 1 fully saturated rings. The van der Waals surface area contributed by atoms with E-state index in [9.17, 15) is 0 Å². The minimum Gasteiger partial charge on any atom is -0.382 e. The zero-order valence-electron chi connectivity index (χ0n) is 20.1. The lowest BCUT2D eigenvalue weighted by molar-refractivity contribution is -0.134. The van der Waals surface area contributed by atoms with Crippen LogP contribution in [-0.2, 0) is 18.9 Å². The molecule has 0 amide bonds. The molecule has 8 nitrogen and oxygen atoms in total. The number of aromatic nitrogens is 3. The second kappa shape index (κ2) is 11.9. The molecule has 32 heavy (non-hydrogen) atoms. The third kappa shape index (κ3) is 5.60. The van der Waals surface area contributed by atoms with Gasteiger partial charge in [0.15, 0.2) is 5.82 Å². The maximum Gasteiger partial charge on any atom is 0.151 e. The van der Waals surface area contributed by atoms with Gasteiger partial charge >= 0.3 is 0 Å². The fourth-order valence-electron chi connectivity index (χ4n) is 4.15. The lowest BCUT2D eigenvalue weighted by Gasteiger charge is -2.31. The molecule has 0 unspecified atom stereocenters. The number of nitrogens with zero attached hydrogens (tertiary/aromatic N) is 3. The molecule has 0 radical (unpaired) electrons. The minimum absolute atomic E-state index is 0.248. The van der Waals surface area contributed by atoms with Crippen LogP contribution in [0.15, 0.2) is 18.5 Å². The van der Waals surface area contributed by atoms with Crippen molar-refractivity contribution in [3.8, 4) is 0 Å². The lowest BCUT2D eigenvalue weighted by Crippen LogP contribution is -2.47. The quantitative estimate of drug-likeness (QED) is 0.430. The van der Waals surface area contributed by atoms with Gasteiger partial charge in [0.25, 0.3) is 0 Å². The summed E-state index contributed by atoms with van der Waals surface area (Å²) in [6, 6.07) is 3.92. The van der Waals surface area contributed by atoms with Crippen LogP contribution >= 0.6 is 0 Å². The van der Waals surface area contributed by atoms with Crippen LogP contribution in [0, 0.1) is 0 Å². The van der Waals surface area contributed by atoms with Crippen LogP contribution in [0.2, 0.25) is 0 Å². The molecule has 2 aromatic rings. The molecule has 1 saturated heterocycles. The molecular formula is C24H40N4O4. The highest BCUT2D eigenvalue weighted by atomic mass is 16.6. The van der Waals surface area contributed by atoms with E-state index < -0.39 is 5.60 Å². The second-order valence-electron chi connectivity index (χ2n) is 8.79. The molecule has 2 aromatic heterocycles. The molecule has 1 aliphatic rings. The number of fused-ring (bicyclic) bond motifs is 1. The monoisotopic (exact) mass is 448 g/mol. The van der Waals surface area contributed by atoms with E-state index in [1.807, 2.05) is 12.1 Å². The molecule has 3 rings (SSSR count). The van der Waals surface area contributed by atoms with Crippen molar-refractivity contribution in [1.29, 1.82) is 0 Å². The van der Waals surface area contributed by atoms with Gasteiger partial charge in [-0.2, -0.15) is 5.10 Å². The van der Waals surface area contributed by atoms with E-state index in [0.717, 1.165) is 49.7 Å². The smallest absolute Gasteiger partial charge is 0.151 e. The molecular weight excluding hydrogens is 408 g/mol. The minimum atomic E-state index is -0.633. The van der Waals surface area contributed by atoms with E-state index in [-0.39, 0.29) is 18.3 Å². The van der Waals surface area contributed by atoms with E-state index in [4.69, 9.17) is 24.7 Å². The van der Waals surface area contributed by atoms with Crippen molar-refractivity contribution in [2.24, 2.45) is 0 Å². The van der Waals surface area contributed by atoms with Crippen LogP contribution in [0.25, 0.3) is 5.52 Å². The molecule has 8 heteroatoms. The topological polar surface area (TPSA) is 93.1 Å². The fourth-order valence-corrected chi connectivity index (χ4v) is 4.15. The number of hydrogen-bond acceptors (Lipinski definition) is 7. The summed E-state index contributed by atoms with van der Waals surface area (Å²) in [5.41, 5.74) is 7.08. The zero-order chi connectivity index (χ0) is 23.0. The molecule has 0 aliphatic carbocycles. The molecule has 0 aromatic carbocycles. The third-order valence-corrected chi connectivity index (χ3v) is 6.03. The Kier molecular flexibility index (Phi) is 9.28. The maximum atomic E-state index is 6.71. The number of ether oxygens (including phenoxy) is 4. The normalized spacial score (nSPS) is 25.7. The summed E-state index contributed by atoms with van der Waals surface area (Å²) in [4.78, 5) is 4.11. The van der Waals surface area contributed by atoms with Gasteiger partial charge in [0.2, 0.25) is 0 Å². The van der Waals surface area contributed by atoms with E-state index in [1.165, 1.54) is 6.33 Å². The van der Waals surface area contributed by atoms with Gasteiger partial charge in [0.1, 0.15) is 35.8 Å². The summed E-state index contributed by atoms with van der Waals surface area (Å²) in [6.07, 6.45) is 6.83.